The van der Waals surface area contributed by atoms with Gasteiger partial charge in [-0.1, -0.05) is 27.2 Å². The molecule has 0 bridgehead atoms. The van der Waals surface area contributed by atoms with E-state index in [-0.39, 0.29) is 19.0 Å². The van der Waals surface area contributed by atoms with E-state index in [4.69, 9.17) is 0 Å². The minimum absolute atomic E-state index is 0.0668. The number of alkyl halides is 5. The van der Waals surface area contributed by atoms with Crippen LogP contribution in [0.4, 0.5) is 22.0 Å². The van der Waals surface area contributed by atoms with Gasteiger partial charge in [0.15, 0.2) is 0 Å². The minimum atomic E-state index is -5.71. The molecule has 0 unspecified atom stereocenters. The number of halogens is 5. The third-order valence-electron chi connectivity index (χ3n) is 2.91. The second-order valence-electron chi connectivity index (χ2n) is 5.68. The standard InChI is InChI=1S/C13H24F5NO3S/c1-4-5-6-19(9-11(2)3)23(20,21)8-7-22-10-12(14,15)13(16,17)18/h11H,4-10H2,1-3H3. The molecule has 0 N–H and O–H groups in total. The molecule has 0 aromatic heterocycles. The molecule has 0 aliphatic carbocycles. The summed E-state index contributed by atoms with van der Waals surface area (Å²) in [5, 5.41) is 0. The van der Waals surface area contributed by atoms with Gasteiger partial charge in [-0.2, -0.15) is 22.0 Å². The van der Waals surface area contributed by atoms with Gasteiger partial charge in [-0.05, 0) is 12.3 Å². The highest BCUT2D eigenvalue weighted by molar-refractivity contribution is 7.89. The monoisotopic (exact) mass is 369 g/mol. The zero-order chi connectivity index (χ0) is 18.3. The Bertz CT molecular complexity index is 437. The lowest BCUT2D eigenvalue weighted by Gasteiger charge is -2.24. The van der Waals surface area contributed by atoms with Crippen LogP contribution < -0.4 is 0 Å². The van der Waals surface area contributed by atoms with E-state index < -0.39 is 41.1 Å². The predicted molar refractivity (Wildman–Crippen MR) is 76.9 cm³/mol. The fraction of sp³-hybridized carbons (Fsp3) is 1.00. The maximum absolute atomic E-state index is 12.6. The lowest BCUT2D eigenvalue weighted by atomic mass is 10.2. The lowest BCUT2D eigenvalue weighted by Crippen LogP contribution is -2.42. The van der Waals surface area contributed by atoms with Gasteiger partial charge in [0.2, 0.25) is 10.0 Å². The van der Waals surface area contributed by atoms with Crippen LogP contribution in [-0.2, 0) is 14.8 Å². The fourth-order valence-electron chi connectivity index (χ4n) is 1.66. The van der Waals surface area contributed by atoms with Crippen molar-refractivity contribution in [2.24, 2.45) is 5.92 Å². The maximum Gasteiger partial charge on any atom is 0.455 e. The van der Waals surface area contributed by atoms with Crippen molar-refractivity contribution in [3.05, 3.63) is 0 Å². The Balaban J connectivity index is 4.54. The van der Waals surface area contributed by atoms with Crippen molar-refractivity contribution >= 4 is 10.0 Å². The number of hydrogen-bond donors (Lipinski definition) is 0. The van der Waals surface area contributed by atoms with E-state index in [0.29, 0.717) is 6.42 Å². The molecule has 0 radical (unpaired) electrons. The molecule has 0 spiro atoms. The van der Waals surface area contributed by atoms with Crippen LogP contribution in [0.2, 0.25) is 0 Å². The molecule has 0 aromatic rings. The topological polar surface area (TPSA) is 46.6 Å². The SMILES string of the molecule is CCCCN(CC(C)C)S(=O)(=O)CCOCC(F)(F)C(F)(F)F. The molecule has 0 heterocycles. The van der Waals surface area contributed by atoms with Gasteiger partial charge in [-0.25, -0.2) is 12.7 Å². The van der Waals surface area contributed by atoms with Crippen LogP contribution in [0.5, 0.6) is 0 Å². The minimum Gasteiger partial charge on any atom is -0.374 e. The Labute approximate surface area is 134 Å². The fourth-order valence-corrected chi connectivity index (χ4v) is 3.18. The van der Waals surface area contributed by atoms with Gasteiger partial charge in [-0.3, -0.25) is 0 Å². The average molecular weight is 369 g/mol. The van der Waals surface area contributed by atoms with E-state index in [1.54, 1.807) is 0 Å². The summed E-state index contributed by atoms with van der Waals surface area (Å²) in [6.45, 7) is 3.50. The smallest absolute Gasteiger partial charge is 0.374 e. The predicted octanol–water partition coefficient (Wildman–Crippen LogP) is 3.29. The Morgan fingerprint density at radius 2 is 1.70 bits per heavy atom. The normalized spacial score (nSPS) is 14.0. The zero-order valence-electron chi connectivity index (χ0n) is 13.5. The van der Waals surface area contributed by atoms with E-state index >= 15 is 0 Å². The summed E-state index contributed by atoms with van der Waals surface area (Å²) < 4.78 is 90.9. The van der Waals surface area contributed by atoms with Gasteiger partial charge >= 0.3 is 12.1 Å². The lowest BCUT2D eigenvalue weighted by molar-refractivity contribution is -0.296. The largest absolute Gasteiger partial charge is 0.455 e. The first-order chi connectivity index (χ1) is 10.3. The van der Waals surface area contributed by atoms with Crippen molar-refractivity contribution in [1.29, 1.82) is 0 Å². The van der Waals surface area contributed by atoms with Crippen molar-refractivity contribution in [3.8, 4) is 0 Å². The molecule has 23 heavy (non-hydrogen) atoms. The summed E-state index contributed by atoms with van der Waals surface area (Å²) in [6.07, 6.45) is -4.30. The number of nitrogens with zero attached hydrogens (tertiary/aromatic N) is 1. The summed E-state index contributed by atoms with van der Waals surface area (Å²) in [7, 11) is -3.76. The van der Waals surface area contributed by atoms with Crippen LogP contribution in [0.25, 0.3) is 0 Å². The summed E-state index contributed by atoms with van der Waals surface area (Å²) >= 11 is 0. The van der Waals surface area contributed by atoms with Crippen LogP contribution in [0, 0.1) is 5.92 Å². The second kappa shape index (κ2) is 9.12. The van der Waals surface area contributed by atoms with Crippen LogP contribution in [-0.4, -0.2) is 56.9 Å². The molecular weight excluding hydrogens is 345 g/mol. The Morgan fingerprint density at radius 3 is 2.13 bits per heavy atom. The number of rotatable bonds is 11. The molecule has 4 nitrogen and oxygen atoms in total. The van der Waals surface area contributed by atoms with Gasteiger partial charge in [0.1, 0.15) is 6.61 Å². The van der Waals surface area contributed by atoms with Crippen molar-refractivity contribution in [2.45, 2.75) is 45.7 Å². The van der Waals surface area contributed by atoms with Gasteiger partial charge in [0.05, 0.1) is 12.4 Å². The summed E-state index contributed by atoms with van der Waals surface area (Å²) in [6, 6.07) is 0. The van der Waals surface area contributed by atoms with Crippen LogP contribution in [0.15, 0.2) is 0 Å². The van der Waals surface area contributed by atoms with Gasteiger partial charge < -0.3 is 4.74 Å². The molecule has 140 valence electrons. The number of ether oxygens (including phenoxy) is 1. The number of hydrogen-bond acceptors (Lipinski definition) is 3. The van der Waals surface area contributed by atoms with E-state index in [1.165, 1.54) is 4.31 Å². The van der Waals surface area contributed by atoms with Crippen molar-refractivity contribution in [1.82, 2.24) is 4.31 Å². The highest BCUT2D eigenvalue weighted by atomic mass is 32.2. The third-order valence-corrected chi connectivity index (χ3v) is 4.71. The van der Waals surface area contributed by atoms with Crippen LogP contribution in [0.1, 0.15) is 33.6 Å². The van der Waals surface area contributed by atoms with Crippen molar-refractivity contribution in [2.75, 3.05) is 32.1 Å². The molecule has 0 aliphatic rings. The second-order valence-corrected chi connectivity index (χ2v) is 7.76. The summed E-state index contributed by atoms with van der Waals surface area (Å²) in [4.78, 5) is 0. The van der Waals surface area contributed by atoms with Crippen LogP contribution in [0.3, 0.4) is 0 Å². The molecule has 0 saturated carbocycles. The van der Waals surface area contributed by atoms with Crippen molar-refractivity contribution < 1.29 is 35.1 Å². The molecular formula is C13H24F5NO3S. The van der Waals surface area contributed by atoms with E-state index in [1.807, 2.05) is 20.8 Å². The zero-order valence-corrected chi connectivity index (χ0v) is 14.3. The Morgan fingerprint density at radius 1 is 1.13 bits per heavy atom. The molecule has 0 amide bonds. The molecule has 0 aliphatic heterocycles. The van der Waals surface area contributed by atoms with Gasteiger partial charge in [0, 0.05) is 13.1 Å². The van der Waals surface area contributed by atoms with E-state index in [9.17, 15) is 30.4 Å². The quantitative estimate of drug-likeness (QED) is 0.415. The molecule has 0 atom stereocenters. The molecule has 0 aromatic carbocycles. The van der Waals surface area contributed by atoms with Gasteiger partial charge in [-0.15, -0.1) is 0 Å². The molecule has 0 rings (SSSR count). The maximum atomic E-state index is 12.6. The van der Waals surface area contributed by atoms with Gasteiger partial charge in [0.25, 0.3) is 0 Å². The first kappa shape index (κ1) is 22.5. The third kappa shape index (κ3) is 8.25. The molecule has 0 saturated heterocycles. The Kier molecular flexibility index (Phi) is 8.93. The summed E-state index contributed by atoms with van der Waals surface area (Å²) in [5.74, 6) is -5.55. The highest BCUT2D eigenvalue weighted by Gasteiger charge is 2.57. The van der Waals surface area contributed by atoms with E-state index in [2.05, 4.69) is 4.74 Å². The van der Waals surface area contributed by atoms with E-state index in [0.717, 1.165) is 6.42 Å². The Hall–Kier alpha value is -0.480. The number of sulfonamides is 1. The first-order valence-electron chi connectivity index (χ1n) is 7.33. The average Bonchev–Trinajstić information content (AvgIpc) is 2.37. The van der Waals surface area contributed by atoms with Crippen LogP contribution >= 0.6 is 0 Å². The molecule has 0 fully saturated rings. The molecule has 10 heteroatoms. The number of unbranched alkanes of at least 4 members (excludes halogenated alkanes) is 1. The van der Waals surface area contributed by atoms with Crippen molar-refractivity contribution in [3.63, 3.8) is 0 Å². The highest BCUT2D eigenvalue weighted by Crippen LogP contribution is 2.35. The summed E-state index contributed by atoms with van der Waals surface area (Å²) in [5.41, 5.74) is 0. The first-order valence-corrected chi connectivity index (χ1v) is 8.94.